The zero-order valence-electron chi connectivity index (χ0n) is 16.7. The van der Waals surface area contributed by atoms with E-state index in [1.165, 1.54) is 12.1 Å². The molecule has 0 radical (unpaired) electrons. The molecule has 0 fully saturated rings. The molecule has 0 spiro atoms. The topological polar surface area (TPSA) is 45.5 Å². The quantitative estimate of drug-likeness (QED) is 0.277. The Bertz CT molecular complexity index is 1170. The lowest BCUT2D eigenvalue weighted by atomic mass is 9.96. The maximum Gasteiger partial charge on any atom is 0.399 e. The van der Waals surface area contributed by atoms with E-state index in [1.807, 2.05) is 11.5 Å². The van der Waals surface area contributed by atoms with Crippen LogP contribution in [0.25, 0.3) is 11.8 Å². The summed E-state index contributed by atoms with van der Waals surface area (Å²) in [4.78, 5) is 0. The highest BCUT2D eigenvalue weighted by molar-refractivity contribution is 6.48. The van der Waals surface area contributed by atoms with Crippen molar-refractivity contribution in [3.05, 3.63) is 80.8 Å². The van der Waals surface area contributed by atoms with Gasteiger partial charge in [0.1, 0.15) is 6.07 Å². The molecule has 10 heteroatoms. The van der Waals surface area contributed by atoms with Crippen LogP contribution in [0.5, 0.6) is 0 Å². The zero-order valence-corrected chi connectivity index (χ0v) is 19.0. The first-order valence-electron chi connectivity index (χ1n) is 9.51. The Morgan fingerprint density at radius 2 is 1.88 bits per heavy atom. The summed E-state index contributed by atoms with van der Waals surface area (Å²) in [5, 5.41) is 13.7. The van der Waals surface area contributed by atoms with Gasteiger partial charge in [-0.15, -0.1) is 0 Å². The first-order chi connectivity index (χ1) is 15.1. The van der Waals surface area contributed by atoms with E-state index in [2.05, 4.69) is 11.2 Å². The number of hydrogen-bond acceptors (Lipinski definition) is 2. The molecule has 0 amide bonds. The second-order valence-electron chi connectivity index (χ2n) is 6.99. The summed E-state index contributed by atoms with van der Waals surface area (Å²) in [6, 6.07) is 9.12. The summed E-state index contributed by atoms with van der Waals surface area (Å²) in [5.74, 6) is -1.96. The van der Waals surface area contributed by atoms with Crippen LogP contribution in [0.1, 0.15) is 36.0 Å². The van der Waals surface area contributed by atoms with Crippen molar-refractivity contribution in [1.29, 1.82) is 5.26 Å². The van der Waals surface area contributed by atoms with Gasteiger partial charge in [0.25, 0.3) is 6.33 Å². The molecule has 0 N–H and O–H groups in total. The summed E-state index contributed by atoms with van der Waals surface area (Å²) >= 11 is 17.7. The van der Waals surface area contributed by atoms with E-state index >= 15 is 0 Å². The number of nitriles is 1. The zero-order chi connectivity index (χ0) is 23.5. The van der Waals surface area contributed by atoms with Crippen molar-refractivity contribution >= 4 is 40.9 Å². The Hall–Kier alpha value is -2.53. The fourth-order valence-electron chi connectivity index (χ4n) is 3.14. The molecule has 0 aliphatic rings. The molecular formula is C22H17Cl3F3N4+. The van der Waals surface area contributed by atoms with Crippen LogP contribution in [-0.4, -0.2) is 16.0 Å². The first-order valence-corrected chi connectivity index (χ1v) is 10.6. The molecule has 32 heavy (non-hydrogen) atoms. The lowest BCUT2D eigenvalue weighted by molar-refractivity contribution is -0.697. The van der Waals surface area contributed by atoms with Gasteiger partial charge in [-0.3, -0.25) is 0 Å². The fraction of sp³-hybridized carbons (Fsp3) is 0.227. The van der Waals surface area contributed by atoms with Crippen molar-refractivity contribution < 1.29 is 17.7 Å². The number of aromatic nitrogens is 3. The van der Waals surface area contributed by atoms with E-state index in [0.29, 0.717) is 11.3 Å². The Morgan fingerprint density at radius 1 is 1.19 bits per heavy atom. The minimum absolute atomic E-state index is 0.00452. The van der Waals surface area contributed by atoms with Crippen LogP contribution in [0, 0.1) is 11.3 Å². The molecule has 166 valence electrons. The van der Waals surface area contributed by atoms with Gasteiger partial charge >= 0.3 is 6.18 Å². The third kappa shape index (κ3) is 5.44. The Labute approximate surface area is 198 Å². The summed E-state index contributed by atoms with van der Waals surface area (Å²) in [6.45, 7) is 2.81. The van der Waals surface area contributed by atoms with Gasteiger partial charge < -0.3 is 0 Å². The van der Waals surface area contributed by atoms with Crippen LogP contribution in [0.15, 0.2) is 49.1 Å². The smallest absolute Gasteiger partial charge is 0.237 e. The molecule has 1 aromatic heterocycles. The van der Waals surface area contributed by atoms with Crippen molar-refractivity contribution in [1.82, 2.24) is 9.78 Å². The monoisotopic (exact) mass is 499 g/mol. The molecule has 3 rings (SSSR count). The number of rotatable bonds is 6. The van der Waals surface area contributed by atoms with Crippen molar-refractivity contribution in [2.24, 2.45) is 0 Å². The SMILES string of the molecule is CCC[n+]1cnn(-c2ccc(C=CC(c3cc(Cl)c(Cl)c(Cl)c3)C(F)(F)F)cc2C#N)c1. The van der Waals surface area contributed by atoms with Gasteiger partial charge in [0.15, 0.2) is 5.69 Å². The van der Waals surface area contributed by atoms with Crippen molar-refractivity contribution in [3.63, 3.8) is 0 Å². The summed E-state index contributed by atoms with van der Waals surface area (Å²) in [6.07, 6.45) is 2.04. The molecule has 2 aromatic carbocycles. The second-order valence-corrected chi connectivity index (χ2v) is 8.19. The van der Waals surface area contributed by atoms with E-state index in [1.54, 1.807) is 29.5 Å². The van der Waals surface area contributed by atoms with Crippen LogP contribution in [0.3, 0.4) is 0 Å². The molecule has 0 aliphatic carbocycles. The minimum Gasteiger partial charge on any atom is -0.237 e. The lowest BCUT2D eigenvalue weighted by Gasteiger charge is -2.18. The molecule has 4 nitrogen and oxygen atoms in total. The minimum atomic E-state index is -4.59. The van der Waals surface area contributed by atoms with E-state index in [4.69, 9.17) is 34.8 Å². The van der Waals surface area contributed by atoms with Gasteiger partial charge in [-0.1, -0.05) is 64.6 Å². The average molecular weight is 501 g/mol. The predicted octanol–water partition coefficient (Wildman–Crippen LogP) is 6.76. The van der Waals surface area contributed by atoms with Gasteiger partial charge in [-0.2, -0.15) is 18.4 Å². The van der Waals surface area contributed by atoms with Crippen molar-refractivity contribution in [2.75, 3.05) is 0 Å². The van der Waals surface area contributed by atoms with E-state index in [0.717, 1.165) is 31.2 Å². The van der Waals surface area contributed by atoms with Crippen LogP contribution in [0.4, 0.5) is 13.2 Å². The molecule has 1 unspecified atom stereocenters. The Kier molecular flexibility index (Phi) is 7.50. The summed E-state index contributed by atoms with van der Waals surface area (Å²) in [5.41, 5.74) is 1.10. The van der Waals surface area contributed by atoms with Crippen LogP contribution in [0.2, 0.25) is 15.1 Å². The van der Waals surface area contributed by atoms with Crippen LogP contribution in [-0.2, 0) is 6.54 Å². The highest BCUT2D eigenvalue weighted by Gasteiger charge is 2.39. The number of nitrogens with zero attached hydrogens (tertiary/aromatic N) is 4. The third-order valence-electron chi connectivity index (χ3n) is 4.65. The number of alkyl halides is 3. The number of benzene rings is 2. The van der Waals surface area contributed by atoms with E-state index in [9.17, 15) is 18.4 Å². The van der Waals surface area contributed by atoms with Crippen molar-refractivity contribution in [2.45, 2.75) is 32.0 Å². The van der Waals surface area contributed by atoms with E-state index in [-0.39, 0.29) is 26.2 Å². The Morgan fingerprint density at radius 3 is 2.47 bits per heavy atom. The number of allylic oxidation sites excluding steroid dienone is 1. The summed E-state index contributed by atoms with van der Waals surface area (Å²) in [7, 11) is 0. The fourth-order valence-corrected chi connectivity index (χ4v) is 3.75. The normalized spacial score (nSPS) is 12.8. The molecule has 0 saturated carbocycles. The van der Waals surface area contributed by atoms with Gasteiger partial charge in [-0.05, 0) is 41.8 Å². The van der Waals surface area contributed by atoms with Crippen LogP contribution < -0.4 is 4.57 Å². The van der Waals surface area contributed by atoms with Crippen LogP contribution >= 0.6 is 34.8 Å². The molecule has 0 saturated heterocycles. The maximum atomic E-state index is 13.7. The Balaban J connectivity index is 1.95. The number of hydrogen-bond donors (Lipinski definition) is 0. The standard InChI is InChI=1S/C22H17Cl3F3N4/c1-2-7-31-12-30-32(13-31)20-6-4-14(8-16(20)11-29)3-5-17(22(26,27)28)15-9-18(23)21(25)19(24)10-15/h3-6,8-10,12-13,17H,2,7H2,1H3/q+1. The summed E-state index contributed by atoms with van der Waals surface area (Å²) < 4.78 is 44.6. The lowest BCUT2D eigenvalue weighted by Crippen LogP contribution is -2.30. The predicted molar refractivity (Wildman–Crippen MR) is 118 cm³/mol. The third-order valence-corrected chi connectivity index (χ3v) is 5.85. The molecule has 1 heterocycles. The molecular weight excluding hydrogens is 484 g/mol. The highest BCUT2D eigenvalue weighted by atomic mass is 35.5. The van der Waals surface area contributed by atoms with Gasteiger partial charge in [0.05, 0.1) is 33.1 Å². The molecule has 1 atom stereocenters. The van der Waals surface area contributed by atoms with E-state index < -0.39 is 12.1 Å². The first kappa shape index (κ1) is 24.1. The molecule has 3 aromatic rings. The maximum absolute atomic E-state index is 13.7. The van der Waals surface area contributed by atoms with Crippen molar-refractivity contribution in [3.8, 4) is 11.8 Å². The van der Waals surface area contributed by atoms with Gasteiger partial charge in [-0.25, -0.2) is 4.57 Å². The number of halogens is 6. The average Bonchev–Trinajstić information content (AvgIpc) is 3.19. The molecule has 0 bridgehead atoms. The highest BCUT2D eigenvalue weighted by Crippen LogP contribution is 2.41. The molecule has 0 aliphatic heterocycles. The van der Waals surface area contributed by atoms with Gasteiger partial charge in [0.2, 0.25) is 6.33 Å². The number of aryl methyl sites for hydroxylation is 1. The second kappa shape index (κ2) is 9.95. The van der Waals surface area contributed by atoms with Gasteiger partial charge in [0, 0.05) is 5.10 Å². The largest absolute Gasteiger partial charge is 0.399 e.